The third kappa shape index (κ3) is 2.32. The van der Waals surface area contributed by atoms with Crippen LogP contribution in [0.4, 0.5) is 0 Å². The highest BCUT2D eigenvalue weighted by Crippen LogP contribution is 2.30. The van der Waals surface area contributed by atoms with Crippen LogP contribution in [0.2, 0.25) is 10.0 Å². The molecule has 3 nitrogen and oxygen atoms in total. The Morgan fingerprint density at radius 1 is 1.35 bits per heavy atom. The molecule has 0 aliphatic rings. The Hall–Kier alpha value is -1.03. The summed E-state index contributed by atoms with van der Waals surface area (Å²) < 4.78 is 6.91. The summed E-state index contributed by atoms with van der Waals surface area (Å²) in [5, 5.41) is 5.27. The van der Waals surface area contributed by atoms with Crippen molar-refractivity contribution in [3.8, 4) is 5.69 Å². The Labute approximate surface area is 110 Å². The van der Waals surface area contributed by atoms with Gasteiger partial charge in [-0.15, -0.1) is 0 Å². The van der Waals surface area contributed by atoms with Crippen molar-refractivity contribution < 1.29 is 4.74 Å². The molecule has 1 aromatic heterocycles. The second-order valence-corrected chi connectivity index (χ2v) is 4.35. The van der Waals surface area contributed by atoms with Gasteiger partial charge in [0.25, 0.3) is 0 Å². The monoisotopic (exact) mass is 269 g/mol. The Morgan fingerprint density at radius 3 is 2.59 bits per heavy atom. The van der Waals surface area contributed by atoms with Crippen molar-refractivity contribution in [2.24, 2.45) is 0 Å². The fourth-order valence-electron chi connectivity index (χ4n) is 1.55. The quantitative estimate of drug-likeness (QED) is 0.850. The summed E-state index contributed by atoms with van der Waals surface area (Å²) in [5.41, 5.74) is 1.43. The molecule has 0 saturated heterocycles. The largest absolute Gasteiger partial charge is 0.375 e. The topological polar surface area (TPSA) is 27.1 Å². The number of benzene rings is 1. The van der Waals surface area contributed by atoms with Gasteiger partial charge in [0.2, 0.25) is 0 Å². The van der Waals surface area contributed by atoms with E-state index < -0.39 is 0 Å². The minimum Gasteiger partial charge on any atom is -0.375 e. The lowest BCUT2D eigenvalue weighted by Gasteiger charge is -2.14. The molecule has 17 heavy (non-hydrogen) atoms. The van der Waals surface area contributed by atoms with Crippen LogP contribution in [0.5, 0.6) is 0 Å². The maximum absolute atomic E-state index is 6.14. The van der Waals surface area contributed by atoms with Crippen LogP contribution in [0.15, 0.2) is 24.4 Å². The number of rotatable bonds is 3. The summed E-state index contributed by atoms with van der Waals surface area (Å²) in [4.78, 5) is 0. The van der Waals surface area contributed by atoms with Crippen molar-refractivity contribution in [1.82, 2.24) is 9.78 Å². The van der Waals surface area contributed by atoms with E-state index in [4.69, 9.17) is 27.9 Å². The fraction of sp³-hybridized carbons (Fsp3) is 0.250. The van der Waals surface area contributed by atoms with Gasteiger partial charge < -0.3 is 4.74 Å². The molecular weight excluding hydrogens is 259 g/mol. The number of aromatic nitrogens is 2. The number of ether oxygens (including phenoxy) is 1. The van der Waals surface area contributed by atoms with Gasteiger partial charge in [0, 0.05) is 13.2 Å². The van der Waals surface area contributed by atoms with Crippen LogP contribution < -0.4 is 0 Å². The molecule has 1 unspecified atom stereocenters. The van der Waals surface area contributed by atoms with E-state index in [9.17, 15) is 0 Å². The van der Waals surface area contributed by atoms with Crippen molar-refractivity contribution in [3.05, 3.63) is 46.2 Å². The van der Waals surface area contributed by atoms with Crippen LogP contribution >= 0.6 is 23.2 Å². The molecule has 0 bridgehead atoms. The van der Waals surface area contributed by atoms with E-state index in [2.05, 4.69) is 11.2 Å². The van der Waals surface area contributed by atoms with E-state index in [0.29, 0.717) is 15.7 Å². The van der Waals surface area contributed by atoms with E-state index in [1.165, 1.54) is 0 Å². The Kier molecular flexibility index (Phi) is 3.72. The number of para-hydroxylation sites is 1. The first-order valence-electron chi connectivity index (χ1n) is 5.08. The molecule has 2 rings (SSSR count). The van der Waals surface area contributed by atoms with Crippen LogP contribution in [0, 0.1) is 6.07 Å². The molecule has 0 spiro atoms. The lowest BCUT2D eigenvalue weighted by Crippen LogP contribution is -2.07. The molecule has 1 radical (unpaired) electrons. The molecule has 0 fully saturated rings. The van der Waals surface area contributed by atoms with Crippen LogP contribution in [0.3, 0.4) is 0 Å². The molecule has 1 aromatic carbocycles. The van der Waals surface area contributed by atoms with Gasteiger partial charge in [0.05, 0.1) is 28.0 Å². The highest BCUT2D eigenvalue weighted by Gasteiger charge is 2.16. The zero-order valence-electron chi connectivity index (χ0n) is 9.45. The molecule has 89 valence electrons. The predicted octanol–water partition coefficient (Wildman–Crippen LogP) is 3.69. The molecule has 0 aliphatic carbocycles. The van der Waals surface area contributed by atoms with Crippen molar-refractivity contribution in [1.29, 1.82) is 0 Å². The van der Waals surface area contributed by atoms with E-state index in [-0.39, 0.29) is 6.10 Å². The molecular formula is C12H11Cl2N2O. The van der Waals surface area contributed by atoms with Crippen LogP contribution in [0.25, 0.3) is 5.69 Å². The number of halogens is 2. The predicted molar refractivity (Wildman–Crippen MR) is 67.8 cm³/mol. The molecule has 0 amide bonds. The van der Waals surface area contributed by atoms with Gasteiger partial charge >= 0.3 is 0 Å². The summed E-state index contributed by atoms with van der Waals surface area (Å²) >= 11 is 12.3. The van der Waals surface area contributed by atoms with Gasteiger partial charge in [-0.1, -0.05) is 29.3 Å². The second kappa shape index (κ2) is 5.08. The highest BCUT2D eigenvalue weighted by atomic mass is 35.5. The summed E-state index contributed by atoms with van der Waals surface area (Å²) in [7, 11) is 1.63. The van der Waals surface area contributed by atoms with Crippen molar-refractivity contribution in [2.75, 3.05) is 7.11 Å². The standard InChI is InChI=1S/C12H11Cl2N2O/c1-8(17-2)11-6-7-15-16(11)12-9(13)4-3-5-10(12)14/h3-5,7-8H,1-2H3. The summed E-state index contributed by atoms with van der Waals surface area (Å²) in [5.74, 6) is 0. The summed E-state index contributed by atoms with van der Waals surface area (Å²) in [6, 6.07) is 8.35. The number of hydrogen-bond donors (Lipinski definition) is 0. The molecule has 0 saturated carbocycles. The highest BCUT2D eigenvalue weighted by molar-refractivity contribution is 6.37. The zero-order valence-corrected chi connectivity index (χ0v) is 11.0. The lowest BCUT2D eigenvalue weighted by molar-refractivity contribution is 0.113. The number of hydrogen-bond acceptors (Lipinski definition) is 2. The normalized spacial score (nSPS) is 12.7. The number of methoxy groups -OCH3 is 1. The maximum Gasteiger partial charge on any atom is 0.102 e. The fourth-order valence-corrected chi connectivity index (χ4v) is 2.10. The van der Waals surface area contributed by atoms with Gasteiger partial charge in [-0.05, 0) is 19.1 Å². The zero-order chi connectivity index (χ0) is 12.4. The van der Waals surface area contributed by atoms with Gasteiger partial charge in [-0.25, -0.2) is 4.68 Å². The summed E-state index contributed by atoms with van der Waals surface area (Å²) in [6.07, 6.45) is 1.44. The van der Waals surface area contributed by atoms with E-state index >= 15 is 0 Å². The average molecular weight is 270 g/mol. The van der Waals surface area contributed by atoms with E-state index in [1.807, 2.05) is 6.92 Å². The third-order valence-corrected chi connectivity index (χ3v) is 3.11. The van der Waals surface area contributed by atoms with Gasteiger partial charge in [-0.2, -0.15) is 5.10 Å². The van der Waals surface area contributed by atoms with Gasteiger partial charge in [0.15, 0.2) is 0 Å². The second-order valence-electron chi connectivity index (χ2n) is 3.53. The number of nitrogens with zero attached hydrogens (tertiary/aromatic N) is 2. The molecule has 2 aromatic rings. The minimum absolute atomic E-state index is 0.134. The third-order valence-electron chi connectivity index (χ3n) is 2.50. The Balaban J connectivity index is 2.58. The SMILES string of the molecule is COC(C)c1[c]cnn1-c1c(Cl)cccc1Cl. The van der Waals surface area contributed by atoms with Crippen LogP contribution in [-0.4, -0.2) is 16.9 Å². The molecule has 1 atom stereocenters. The maximum atomic E-state index is 6.14. The minimum atomic E-state index is -0.134. The lowest BCUT2D eigenvalue weighted by atomic mass is 10.2. The van der Waals surface area contributed by atoms with E-state index in [0.717, 1.165) is 5.69 Å². The van der Waals surface area contributed by atoms with Crippen LogP contribution in [-0.2, 0) is 4.74 Å². The first kappa shape index (κ1) is 12.4. The Bertz CT molecular complexity index is 505. The Morgan fingerprint density at radius 2 is 2.00 bits per heavy atom. The first-order valence-corrected chi connectivity index (χ1v) is 5.83. The average Bonchev–Trinajstić information content (AvgIpc) is 2.77. The smallest absolute Gasteiger partial charge is 0.102 e. The first-order chi connectivity index (χ1) is 8.15. The van der Waals surface area contributed by atoms with E-state index in [1.54, 1.807) is 36.2 Å². The molecule has 5 heteroatoms. The van der Waals surface area contributed by atoms with Crippen molar-refractivity contribution in [3.63, 3.8) is 0 Å². The summed E-state index contributed by atoms with van der Waals surface area (Å²) in [6.45, 7) is 1.91. The van der Waals surface area contributed by atoms with Gasteiger partial charge in [0.1, 0.15) is 5.69 Å². The molecule has 0 aliphatic heterocycles. The van der Waals surface area contributed by atoms with Crippen molar-refractivity contribution >= 4 is 23.2 Å². The van der Waals surface area contributed by atoms with Crippen LogP contribution in [0.1, 0.15) is 18.7 Å². The van der Waals surface area contributed by atoms with Crippen molar-refractivity contribution in [2.45, 2.75) is 13.0 Å². The van der Waals surface area contributed by atoms with Gasteiger partial charge in [-0.3, -0.25) is 0 Å². The molecule has 1 heterocycles. The molecule has 0 N–H and O–H groups in total.